The van der Waals surface area contributed by atoms with Gasteiger partial charge in [0.05, 0.1) is 12.2 Å². The lowest BCUT2D eigenvalue weighted by atomic mass is 9.91. The van der Waals surface area contributed by atoms with E-state index in [4.69, 9.17) is 4.74 Å². The average Bonchev–Trinajstić information content (AvgIpc) is 3.16. The number of benzene rings is 1. The van der Waals surface area contributed by atoms with Crippen LogP contribution in [0.25, 0.3) is 0 Å². The van der Waals surface area contributed by atoms with Crippen molar-refractivity contribution in [2.75, 3.05) is 29.9 Å². The first-order valence-corrected chi connectivity index (χ1v) is 10.7. The van der Waals surface area contributed by atoms with Crippen LogP contribution in [-0.4, -0.2) is 24.7 Å². The monoisotopic (exact) mass is 389 g/mol. The Morgan fingerprint density at radius 3 is 3.04 bits per heavy atom. The maximum absolute atomic E-state index is 5.96. The fraction of sp³-hybridized carbons (Fsp3) is 0.261. The zero-order valence-corrected chi connectivity index (χ0v) is 16.5. The Bertz CT molecular complexity index is 952. The van der Waals surface area contributed by atoms with Crippen molar-refractivity contribution in [1.29, 1.82) is 0 Å². The van der Waals surface area contributed by atoms with Gasteiger partial charge in [-0.15, -0.1) is 11.8 Å². The van der Waals surface area contributed by atoms with Crippen molar-refractivity contribution in [2.45, 2.75) is 12.8 Å². The number of hydrogen-bond acceptors (Lipinski definition) is 5. The van der Waals surface area contributed by atoms with Crippen molar-refractivity contribution < 1.29 is 4.74 Å². The van der Waals surface area contributed by atoms with Crippen LogP contribution >= 0.6 is 11.8 Å². The van der Waals surface area contributed by atoms with Crippen LogP contribution in [0.3, 0.4) is 0 Å². The molecule has 1 aromatic heterocycles. The van der Waals surface area contributed by atoms with Crippen LogP contribution in [0.2, 0.25) is 0 Å². The Morgan fingerprint density at radius 2 is 2.11 bits per heavy atom. The summed E-state index contributed by atoms with van der Waals surface area (Å²) in [5.41, 5.74) is 4.82. The minimum absolute atomic E-state index is 0.613. The van der Waals surface area contributed by atoms with E-state index in [-0.39, 0.29) is 0 Å². The number of ether oxygens (including phenoxy) is 1. The summed E-state index contributed by atoms with van der Waals surface area (Å²) in [6.07, 6.45) is 12.6. The molecule has 1 unspecified atom stereocenters. The summed E-state index contributed by atoms with van der Waals surface area (Å²) in [5.74, 6) is 1.57. The summed E-state index contributed by atoms with van der Waals surface area (Å²) in [7, 11) is 0. The Balaban J connectivity index is 1.27. The molecule has 0 radical (unpaired) electrons. The molecular formula is C23H23N3OS. The molecule has 2 aromatic rings. The molecule has 1 atom stereocenters. The van der Waals surface area contributed by atoms with Crippen molar-refractivity contribution in [2.24, 2.45) is 5.92 Å². The largest absolute Gasteiger partial charge is 0.489 e. The van der Waals surface area contributed by atoms with Crippen LogP contribution in [0.4, 0.5) is 17.1 Å². The highest BCUT2D eigenvalue weighted by Gasteiger charge is 2.26. The summed E-state index contributed by atoms with van der Waals surface area (Å²) in [6, 6.07) is 10.3. The molecule has 2 aliphatic heterocycles. The van der Waals surface area contributed by atoms with Crippen LogP contribution in [0.15, 0.2) is 76.8 Å². The molecule has 0 amide bonds. The van der Waals surface area contributed by atoms with E-state index in [0.29, 0.717) is 5.92 Å². The summed E-state index contributed by atoms with van der Waals surface area (Å²) >= 11 is 1.90. The lowest BCUT2D eigenvalue weighted by molar-refractivity contribution is 0.307. The number of pyridine rings is 1. The first-order valence-electron chi connectivity index (χ1n) is 9.78. The van der Waals surface area contributed by atoms with E-state index >= 15 is 0 Å². The van der Waals surface area contributed by atoms with E-state index < -0.39 is 0 Å². The van der Waals surface area contributed by atoms with Gasteiger partial charge in [0, 0.05) is 42.3 Å². The van der Waals surface area contributed by atoms with E-state index in [1.165, 1.54) is 10.6 Å². The van der Waals surface area contributed by atoms with Gasteiger partial charge in [0.25, 0.3) is 0 Å². The second-order valence-corrected chi connectivity index (χ2v) is 8.17. The number of hydrogen-bond donors (Lipinski definition) is 1. The fourth-order valence-corrected chi connectivity index (χ4v) is 5.12. The molecule has 5 rings (SSSR count). The van der Waals surface area contributed by atoms with Gasteiger partial charge in [-0.1, -0.05) is 23.8 Å². The summed E-state index contributed by atoms with van der Waals surface area (Å²) < 4.78 is 5.96. The maximum Gasteiger partial charge on any atom is 0.144 e. The molecule has 0 spiro atoms. The SMILES string of the molecule is C1=CCC2C(CCN3CCOc4cc(Nc5ccncc5)ccc43)=CSC2=C1. The van der Waals surface area contributed by atoms with Crippen molar-refractivity contribution >= 4 is 28.8 Å². The summed E-state index contributed by atoms with van der Waals surface area (Å²) in [4.78, 5) is 8.03. The first-order chi connectivity index (χ1) is 13.9. The van der Waals surface area contributed by atoms with Crippen molar-refractivity contribution in [1.82, 2.24) is 4.98 Å². The first kappa shape index (κ1) is 17.4. The van der Waals surface area contributed by atoms with Crippen LogP contribution in [0, 0.1) is 5.92 Å². The molecule has 0 saturated carbocycles. The van der Waals surface area contributed by atoms with E-state index in [0.717, 1.165) is 49.7 Å². The van der Waals surface area contributed by atoms with Gasteiger partial charge < -0.3 is 15.0 Å². The third kappa shape index (κ3) is 3.54. The van der Waals surface area contributed by atoms with Gasteiger partial charge in [-0.2, -0.15) is 0 Å². The Morgan fingerprint density at radius 1 is 1.18 bits per heavy atom. The lowest BCUT2D eigenvalue weighted by Crippen LogP contribution is -2.33. The highest BCUT2D eigenvalue weighted by molar-refractivity contribution is 8.06. The topological polar surface area (TPSA) is 37.4 Å². The van der Waals surface area contributed by atoms with Gasteiger partial charge in [0.15, 0.2) is 0 Å². The van der Waals surface area contributed by atoms with Gasteiger partial charge in [0.1, 0.15) is 12.4 Å². The zero-order chi connectivity index (χ0) is 18.8. The quantitative estimate of drug-likeness (QED) is 0.730. The molecule has 5 heteroatoms. The number of nitrogens with one attached hydrogen (secondary N) is 1. The van der Waals surface area contributed by atoms with Crippen LogP contribution in [0.1, 0.15) is 12.8 Å². The average molecular weight is 390 g/mol. The number of anilines is 3. The smallest absolute Gasteiger partial charge is 0.144 e. The molecule has 0 bridgehead atoms. The second kappa shape index (κ2) is 7.76. The van der Waals surface area contributed by atoms with Gasteiger partial charge in [-0.25, -0.2) is 0 Å². The number of aromatic nitrogens is 1. The van der Waals surface area contributed by atoms with Crippen LogP contribution in [-0.2, 0) is 0 Å². The highest BCUT2D eigenvalue weighted by Crippen LogP contribution is 2.45. The van der Waals surface area contributed by atoms with E-state index in [2.05, 4.69) is 57.0 Å². The number of rotatable bonds is 5. The molecule has 3 heterocycles. The van der Waals surface area contributed by atoms with Gasteiger partial charge >= 0.3 is 0 Å². The molecule has 28 heavy (non-hydrogen) atoms. The molecule has 142 valence electrons. The Hall–Kier alpha value is -2.66. The zero-order valence-electron chi connectivity index (χ0n) is 15.7. The molecule has 1 aromatic carbocycles. The normalized spacial score (nSPS) is 20.0. The standard InChI is InChI=1S/C23H23N3OS/c1-2-4-23-20(3-1)17(16-28-23)9-12-26-13-14-27-22-15-19(5-6-21(22)26)25-18-7-10-24-11-8-18/h1-2,4-8,10-11,15-16,20H,3,9,12-14H2,(H,24,25). The van der Waals surface area contributed by atoms with Gasteiger partial charge in [0.2, 0.25) is 0 Å². The Labute approximate surface area is 170 Å². The predicted molar refractivity (Wildman–Crippen MR) is 117 cm³/mol. The third-order valence-corrected chi connectivity index (χ3v) is 6.58. The number of thioether (sulfide) groups is 1. The van der Waals surface area contributed by atoms with Crippen LogP contribution < -0.4 is 15.0 Å². The molecule has 4 nitrogen and oxygen atoms in total. The van der Waals surface area contributed by atoms with E-state index in [1.807, 2.05) is 23.9 Å². The minimum Gasteiger partial charge on any atom is -0.489 e. The highest BCUT2D eigenvalue weighted by atomic mass is 32.2. The van der Waals surface area contributed by atoms with Gasteiger partial charge in [-0.3, -0.25) is 4.98 Å². The van der Waals surface area contributed by atoms with Crippen molar-refractivity contribution in [3.8, 4) is 5.75 Å². The van der Waals surface area contributed by atoms with Crippen LogP contribution in [0.5, 0.6) is 5.75 Å². The van der Waals surface area contributed by atoms with Crippen molar-refractivity contribution in [3.63, 3.8) is 0 Å². The summed E-state index contributed by atoms with van der Waals surface area (Å²) in [5, 5.41) is 5.78. The molecule has 0 saturated heterocycles. The molecule has 0 fully saturated rings. The number of nitrogens with zero attached hydrogens (tertiary/aromatic N) is 2. The fourth-order valence-electron chi connectivity index (χ4n) is 3.98. The molecule has 1 aliphatic carbocycles. The second-order valence-electron chi connectivity index (χ2n) is 7.22. The number of fused-ring (bicyclic) bond motifs is 2. The van der Waals surface area contributed by atoms with Gasteiger partial charge in [-0.05, 0) is 47.4 Å². The predicted octanol–water partition coefficient (Wildman–Crippen LogP) is 5.50. The Kier molecular flexibility index (Phi) is 4.83. The maximum atomic E-state index is 5.96. The third-order valence-electron chi connectivity index (χ3n) is 5.46. The van der Waals surface area contributed by atoms with Crippen molar-refractivity contribution in [3.05, 3.63) is 76.8 Å². The van der Waals surface area contributed by atoms with E-state index in [1.54, 1.807) is 18.0 Å². The summed E-state index contributed by atoms with van der Waals surface area (Å²) in [6.45, 7) is 2.71. The molecule has 1 N–H and O–H groups in total. The molecule has 3 aliphatic rings. The lowest BCUT2D eigenvalue weighted by Gasteiger charge is -2.32. The van der Waals surface area contributed by atoms with E-state index in [9.17, 15) is 0 Å². The number of allylic oxidation sites excluding steroid dienone is 4. The minimum atomic E-state index is 0.613. The molecular weight excluding hydrogens is 366 g/mol.